The van der Waals surface area contributed by atoms with Crippen molar-refractivity contribution in [3.05, 3.63) is 59.4 Å². The zero-order chi connectivity index (χ0) is 21.1. The number of nitrogens with zero attached hydrogens (tertiary/aromatic N) is 2. The van der Waals surface area contributed by atoms with Gasteiger partial charge < -0.3 is 14.6 Å². The Morgan fingerprint density at radius 3 is 2.83 bits per heavy atom. The van der Waals surface area contributed by atoms with Crippen LogP contribution in [0.15, 0.2) is 42.5 Å². The maximum Gasteiger partial charge on any atom is 0.326 e. The monoisotopic (exact) mass is 423 g/mol. The topological polar surface area (TPSA) is 73.2 Å². The number of fused-ring (bicyclic) bond motifs is 2. The SMILES string of the molecule is CSCc1nc2ccccc2n1CC(=O)O[C@@H](C)C(=O)Nc1ccc2c(c1)CCC2. The number of hydrogen-bond donors (Lipinski definition) is 1. The van der Waals surface area contributed by atoms with Crippen molar-refractivity contribution >= 4 is 40.4 Å². The Morgan fingerprint density at radius 1 is 1.20 bits per heavy atom. The lowest BCUT2D eigenvalue weighted by Crippen LogP contribution is -2.31. The van der Waals surface area contributed by atoms with Crippen molar-refractivity contribution in [1.82, 2.24) is 9.55 Å². The van der Waals surface area contributed by atoms with Crippen LogP contribution >= 0.6 is 11.8 Å². The van der Waals surface area contributed by atoms with Crippen LogP contribution in [0.5, 0.6) is 0 Å². The highest BCUT2D eigenvalue weighted by Gasteiger charge is 2.21. The molecule has 2 aromatic carbocycles. The summed E-state index contributed by atoms with van der Waals surface area (Å²) in [5.41, 5.74) is 5.10. The lowest BCUT2D eigenvalue weighted by molar-refractivity contribution is -0.153. The third kappa shape index (κ3) is 4.36. The number of imidazole rings is 1. The molecular formula is C23H25N3O3S. The van der Waals surface area contributed by atoms with E-state index in [0.717, 1.165) is 41.8 Å². The van der Waals surface area contributed by atoms with E-state index in [1.54, 1.807) is 18.7 Å². The molecule has 0 aliphatic heterocycles. The van der Waals surface area contributed by atoms with Gasteiger partial charge in [-0.15, -0.1) is 0 Å². The Bertz CT molecular complexity index is 1090. The molecule has 0 unspecified atom stereocenters. The van der Waals surface area contributed by atoms with Gasteiger partial charge in [0.1, 0.15) is 12.4 Å². The van der Waals surface area contributed by atoms with Gasteiger partial charge in [-0.05, 0) is 67.8 Å². The van der Waals surface area contributed by atoms with Crippen LogP contribution in [0.25, 0.3) is 11.0 Å². The van der Waals surface area contributed by atoms with Crippen LogP contribution in [0.3, 0.4) is 0 Å². The van der Waals surface area contributed by atoms with Gasteiger partial charge in [-0.2, -0.15) is 11.8 Å². The van der Waals surface area contributed by atoms with Gasteiger partial charge in [0.2, 0.25) is 0 Å². The molecule has 1 aliphatic rings. The summed E-state index contributed by atoms with van der Waals surface area (Å²) in [6.45, 7) is 1.61. The first-order valence-electron chi connectivity index (χ1n) is 10.1. The summed E-state index contributed by atoms with van der Waals surface area (Å²) in [6, 6.07) is 13.7. The number of rotatable bonds is 7. The average molecular weight is 424 g/mol. The molecule has 3 aromatic rings. The summed E-state index contributed by atoms with van der Waals surface area (Å²) in [6.07, 6.45) is 4.40. The van der Waals surface area contributed by atoms with E-state index < -0.39 is 12.1 Å². The van der Waals surface area contributed by atoms with Crippen LogP contribution in [0, 0.1) is 0 Å². The highest BCUT2D eigenvalue weighted by molar-refractivity contribution is 7.97. The van der Waals surface area contributed by atoms with Crippen molar-refractivity contribution in [2.45, 2.75) is 44.6 Å². The molecule has 1 aromatic heterocycles. The van der Waals surface area contributed by atoms with Crippen molar-refractivity contribution in [1.29, 1.82) is 0 Å². The largest absolute Gasteiger partial charge is 0.451 e. The summed E-state index contributed by atoms with van der Waals surface area (Å²) in [5, 5.41) is 2.86. The molecular weight excluding hydrogens is 398 g/mol. The number of aromatic nitrogens is 2. The second kappa shape index (κ2) is 8.92. The van der Waals surface area contributed by atoms with Crippen LogP contribution < -0.4 is 5.32 Å². The first kappa shape index (κ1) is 20.5. The van der Waals surface area contributed by atoms with Gasteiger partial charge in [-0.1, -0.05) is 18.2 Å². The van der Waals surface area contributed by atoms with E-state index in [1.165, 1.54) is 11.1 Å². The summed E-state index contributed by atoms with van der Waals surface area (Å²) in [7, 11) is 0. The van der Waals surface area contributed by atoms with Crippen LogP contribution in [-0.4, -0.2) is 33.8 Å². The van der Waals surface area contributed by atoms with Crippen molar-refractivity contribution in [2.24, 2.45) is 0 Å². The maximum absolute atomic E-state index is 12.6. The Labute approximate surface area is 180 Å². The van der Waals surface area contributed by atoms with E-state index in [1.807, 2.05) is 47.2 Å². The van der Waals surface area contributed by atoms with Gasteiger partial charge in [-0.25, -0.2) is 4.98 Å². The number of carbonyl (C=O) groups excluding carboxylic acids is 2. The minimum Gasteiger partial charge on any atom is -0.451 e. The van der Waals surface area contributed by atoms with Crippen molar-refractivity contribution in [3.8, 4) is 0 Å². The molecule has 1 amide bonds. The number of esters is 1. The highest BCUT2D eigenvalue weighted by atomic mass is 32.2. The summed E-state index contributed by atoms with van der Waals surface area (Å²) in [5.74, 6) is 0.713. The molecule has 1 N–H and O–H groups in total. The fourth-order valence-electron chi connectivity index (χ4n) is 3.85. The number of nitrogens with one attached hydrogen (secondary N) is 1. The Morgan fingerprint density at radius 2 is 2.00 bits per heavy atom. The molecule has 1 aliphatic carbocycles. The van der Waals surface area contributed by atoms with E-state index in [-0.39, 0.29) is 12.5 Å². The third-order valence-corrected chi connectivity index (χ3v) is 5.88. The van der Waals surface area contributed by atoms with Gasteiger partial charge in [0, 0.05) is 5.69 Å². The molecule has 30 heavy (non-hydrogen) atoms. The second-order valence-electron chi connectivity index (χ2n) is 7.49. The first-order valence-corrected chi connectivity index (χ1v) is 11.5. The number of benzene rings is 2. The predicted octanol–water partition coefficient (Wildman–Crippen LogP) is 3.96. The molecule has 0 radical (unpaired) electrons. The normalized spacial score (nSPS) is 13.8. The van der Waals surface area contributed by atoms with E-state index in [4.69, 9.17) is 4.74 Å². The van der Waals surface area contributed by atoms with Crippen LogP contribution in [0.1, 0.15) is 30.3 Å². The number of ether oxygens (including phenoxy) is 1. The molecule has 0 saturated heterocycles. The van der Waals surface area contributed by atoms with E-state index in [9.17, 15) is 9.59 Å². The number of thioether (sulfide) groups is 1. The summed E-state index contributed by atoms with van der Waals surface area (Å²) < 4.78 is 7.29. The van der Waals surface area contributed by atoms with Gasteiger partial charge in [0.15, 0.2) is 6.10 Å². The number of para-hydroxylation sites is 2. The van der Waals surface area contributed by atoms with Crippen molar-refractivity contribution < 1.29 is 14.3 Å². The van der Waals surface area contributed by atoms with Gasteiger partial charge in [0.25, 0.3) is 5.91 Å². The van der Waals surface area contributed by atoms with E-state index in [2.05, 4.69) is 16.4 Å². The second-order valence-corrected chi connectivity index (χ2v) is 8.36. The Hall–Kier alpha value is -2.80. The number of anilines is 1. The standard InChI is InChI=1S/C23H25N3O3S/c1-15(23(28)24-18-11-10-16-6-5-7-17(16)12-18)29-22(27)13-26-20-9-4-3-8-19(20)25-21(26)14-30-2/h3-4,8-12,15H,5-7,13-14H2,1-2H3,(H,24,28)/t15-/m0/s1. The van der Waals surface area contributed by atoms with Crippen molar-refractivity contribution in [2.75, 3.05) is 11.6 Å². The first-order chi connectivity index (χ1) is 14.5. The Kier molecular flexibility index (Phi) is 6.08. The molecule has 1 atom stereocenters. The summed E-state index contributed by atoms with van der Waals surface area (Å²) in [4.78, 5) is 29.7. The van der Waals surface area contributed by atoms with Crippen LogP contribution in [-0.2, 0) is 39.5 Å². The van der Waals surface area contributed by atoms with Gasteiger partial charge >= 0.3 is 5.97 Å². The zero-order valence-electron chi connectivity index (χ0n) is 17.2. The van der Waals surface area contributed by atoms with Crippen LogP contribution in [0.2, 0.25) is 0 Å². The van der Waals surface area contributed by atoms with E-state index in [0.29, 0.717) is 5.75 Å². The smallest absolute Gasteiger partial charge is 0.326 e. The average Bonchev–Trinajstić information content (AvgIpc) is 3.33. The number of aryl methyl sites for hydroxylation is 2. The maximum atomic E-state index is 12.6. The van der Waals surface area contributed by atoms with E-state index >= 15 is 0 Å². The Balaban J connectivity index is 1.41. The molecule has 0 bridgehead atoms. The number of amides is 1. The molecule has 1 heterocycles. The predicted molar refractivity (Wildman–Crippen MR) is 120 cm³/mol. The minimum atomic E-state index is -0.885. The quantitative estimate of drug-likeness (QED) is 0.583. The molecule has 4 rings (SSSR count). The molecule has 0 saturated carbocycles. The lowest BCUT2D eigenvalue weighted by atomic mass is 10.1. The molecule has 156 valence electrons. The number of carbonyl (C=O) groups is 2. The number of hydrogen-bond acceptors (Lipinski definition) is 5. The zero-order valence-corrected chi connectivity index (χ0v) is 18.0. The molecule has 0 spiro atoms. The van der Waals surface area contributed by atoms with Crippen molar-refractivity contribution in [3.63, 3.8) is 0 Å². The molecule has 0 fully saturated rings. The fourth-order valence-corrected chi connectivity index (χ4v) is 4.33. The highest BCUT2D eigenvalue weighted by Crippen LogP contribution is 2.25. The van der Waals surface area contributed by atoms with Crippen LogP contribution in [0.4, 0.5) is 5.69 Å². The van der Waals surface area contributed by atoms with Gasteiger partial charge in [0.05, 0.1) is 16.8 Å². The minimum absolute atomic E-state index is 0.0207. The van der Waals surface area contributed by atoms with Gasteiger partial charge in [-0.3, -0.25) is 9.59 Å². The third-order valence-electron chi connectivity index (χ3n) is 5.34. The molecule has 7 heteroatoms. The molecule has 6 nitrogen and oxygen atoms in total. The fraction of sp³-hybridized carbons (Fsp3) is 0.348. The summed E-state index contributed by atoms with van der Waals surface area (Å²) >= 11 is 1.64. The lowest BCUT2D eigenvalue weighted by Gasteiger charge is -2.15.